The van der Waals surface area contributed by atoms with E-state index in [1.54, 1.807) is 18.2 Å². The first-order valence-corrected chi connectivity index (χ1v) is 6.61. The lowest BCUT2D eigenvalue weighted by Gasteiger charge is -2.17. The maximum absolute atomic E-state index is 12.0. The Kier molecular flexibility index (Phi) is 4.45. The van der Waals surface area contributed by atoms with Crippen molar-refractivity contribution in [2.45, 2.75) is 13.3 Å². The molecule has 20 heavy (non-hydrogen) atoms. The van der Waals surface area contributed by atoms with Gasteiger partial charge >= 0.3 is 12.0 Å². The third-order valence-corrected chi connectivity index (χ3v) is 3.22. The molecule has 1 aliphatic heterocycles. The summed E-state index contributed by atoms with van der Waals surface area (Å²) in [5, 5.41) is 11.7. The molecule has 0 spiro atoms. The molecule has 1 fully saturated rings. The maximum atomic E-state index is 12.0. The molecule has 6 nitrogen and oxygen atoms in total. The summed E-state index contributed by atoms with van der Waals surface area (Å²) in [4.78, 5) is 24.4. The highest BCUT2D eigenvalue weighted by Crippen LogP contribution is 2.20. The molecule has 2 rings (SSSR count). The molecule has 108 valence electrons. The standard InChI is InChI=1S/C14H18N2O4/c1-2-20-12-5-3-4-11(8-12)15-14(19)16-7-6-10(9-16)13(17)18/h3-5,8,10H,2,6-7,9H2,1H3,(H,15,19)(H,17,18). The summed E-state index contributed by atoms with van der Waals surface area (Å²) in [5.41, 5.74) is 0.639. The van der Waals surface area contributed by atoms with Crippen molar-refractivity contribution in [1.29, 1.82) is 0 Å². The van der Waals surface area contributed by atoms with Crippen LogP contribution in [-0.2, 0) is 4.79 Å². The van der Waals surface area contributed by atoms with E-state index >= 15 is 0 Å². The highest BCUT2D eigenvalue weighted by atomic mass is 16.5. The third-order valence-electron chi connectivity index (χ3n) is 3.22. The Morgan fingerprint density at radius 1 is 1.50 bits per heavy atom. The number of benzene rings is 1. The summed E-state index contributed by atoms with van der Waals surface area (Å²) < 4.78 is 5.36. The van der Waals surface area contributed by atoms with Gasteiger partial charge in [0.15, 0.2) is 0 Å². The van der Waals surface area contributed by atoms with Crippen molar-refractivity contribution >= 4 is 17.7 Å². The number of nitrogens with one attached hydrogen (secondary N) is 1. The number of urea groups is 1. The lowest BCUT2D eigenvalue weighted by Crippen LogP contribution is -2.33. The van der Waals surface area contributed by atoms with Gasteiger partial charge < -0.3 is 20.1 Å². The van der Waals surface area contributed by atoms with E-state index in [0.29, 0.717) is 31.0 Å². The molecule has 0 radical (unpaired) electrons. The lowest BCUT2D eigenvalue weighted by atomic mass is 10.1. The van der Waals surface area contributed by atoms with Crippen molar-refractivity contribution in [3.8, 4) is 5.75 Å². The monoisotopic (exact) mass is 278 g/mol. The summed E-state index contributed by atoms with van der Waals surface area (Å²) in [6.07, 6.45) is 0.502. The topological polar surface area (TPSA) is 78.9 Å². The first-order chi connectivity index (χ1) is 9.60. The van der Waals surface area contributed by atoms with Crippen molar-refractivity contribution in [3.63, 3.8) is 0 Å². The number of amides is 2. The minimum absolute atomic E-state index is 0.256. The normalized spacial score (nSPS) is 17.9. The predicted molar refractivity (Wildman–Crippen MR) is 73.9 cm³/mol. The molecule has 1 atom stereocenters. The molecular weight excluding hydrogens is 260 g/mol. The minimum Gasteiger partial charge on any atom is -0.494 e. The van der Waals surface area contributed by atoms with Crippen LogP contribution < -0.4 is 10.1 Å². The van der Waals surface area contributed by atoms with Gasteiger partial charge in [0, 0.05) is 24.8 Å². The van der Waals surface area contributed by atoms with Gasteiger partial charge in [-0.2, -0.15) is 0 Å². The second-order valence-electron chi connectivity index (χ2n) is 4.66. The molecule has 0 aliphatic carbocycles. The number of carboxylic acids is 1. The number of carboxylic acid groups (broad SMARTS) is 1. The summed E-state index contributed by atoms with van der Waals surface area (Å²) in [6, 6.07) is 6.85. The zero-order chi connectivity index (χ0) is 14.5. The number of hydrogen-bond donors (Lipinski definition) is 2. The quantitative estimate of drug-likeness (QED) is 0.883. The van der Waals surface area contributed by atoms with Gasteiger partial charge in [0.05, 0.1) is 12.5 Å². The van der Waals surface area contributed by atoms with Crippen LogP contribution in [0.4, 0.5) is 10.5 Å². The van der Waals surface area contributed by atoms with Crippen molar-refractivity contribution in [3.05, 3.63) is 24.3 Å². The van der Waals surface area contributed by atoms with Crippen molar-refractivity contribution in [1.82, 2.24) is 4.90 Å². The smallest absolute Gasteiger partial charge is 0.321 e. The zero-order valence-electron chi connectivity index (χ0n) is 11.3. The molecule has 0 bridgehead atoms. The second kappa shape index (κ2) is 6.27. The zero-order valence-corrected chi connectivity index (χ0v) is 11.3. The lowest BCUT2D eigenvalue weighted by molar-refractivity contribution is -0.141. The number of carbonyl (C=O) groups is 2. The number of anilines is 1. The molecule has 1 aromatic carbocycles. The fourth-order valence-electron chi connectivity index (χ4n) is 2.18. The molecule has 1 aromatic rings. The highest BCUT2D eigenvalue weighted by molar-refractivity contribution is 5.90. The van der Waals surface area contributed by atoms with Crippen molar-refractivity contribution in [2.24, 2.45) is 5.92 Å². The minimum atomic E-state index is -0.848. The van der Waals surface area contributed by atoms with E-state index in [9.17, 15) is 9.59 Å². The average Bonchev–Trinajstić information content (AvgIpc) is 2.89. The van der Waals surface area contributed by atoms with E-state index in [1.165, 1.54) is 4.90 Å². The van der Waals surface area contributed by atoms with Crippen LogP contribution in [0.5, 0.6) is 5.75 Å². The van der Waals surface area contributed by atoms with E-state index < -0.39 is 11.9 Å². The number of carbonyl (C=O) groups excluding carboxylic acids is 1. The summed E-state index contributed by atoms with van der Waals surface area (Å²) in [6.45, 7) is 3.17. The number of rotatable bonds is 4. The van der Waals surface area contributed by atoms with Gasteiger partial charge in [-0.25, -0.2) is 4.79 Å². The predicted octanol–water partition coefficient (Wildman–Crippen LogP) is 2.02. The Bertz CT molecular complexity index is 504. The average molecular weight is 278 g/mol. The number of nitrogens with zero attached hydrogens (tertiary/aromatic N) is 1. The first kappa shape index (κ1) is 14.2. The van der Waals surface area contributed by atoms with Crippen LogP contribution in [0.3, 0.4) is 0 Å². The Hall–Kier alpha value is -2.24. The molecule has 1 heterocycles. The maximum Gasteiger partial charge on any atom is 0.321 e. The van der Waals surface area contributed by atoms with Crippen LogP contribution in [0.25, 0.3) is 0 Å². The fourth-order valence-corrected chi connectivity index (χ4v) is 2.18. The van der Waals surface area contributed by atoms with Gasteiger partial charge in [-0.15, -0.1) is 0 Å². The molecule has 1 saturated heterocycles. The van der Waals surface area contributed by atoms with Gasteiger partial charge in [0.25, 0.3) is 0 Å². The Morgan fingerprint density at radius 2 is 2.30 bits per heavy atom. The summed E-state index contributed by atoms with van der Waals surface area (Å²) in [7, 11) is 0. The molecule has 0 aromatic heterocycles. The molecule has 1 aliphatic rings. The first-order valence-electron chi connectivity index (χ1n) is 6.61. The van der Waals surface area contributed by atoms with Gasteiger partial charge in [0.1, 0.15) is 5.75 Å². The third kappa shape index (κ3) is 3.40. The molecular formula is C14H18N2O4. The van der Waals surface area contributed by atoms with Gasteiger partial charge in [-0.1, -0.05) is 6.07 Å². The van der Waals surface area contributed by atoms with E-state index in [1.807, 2.05) is 13.0 Å². The van der Waals surface area contributed by atoms with Crippen LogP contribution in [-0.4, -0.2) is 41.7 Å². The van der Waals surface area contributed by atoms with Gasteiger partial charge in [-0.05, 0) is 25.5 Å². The van der Waals surface area contributed by atoms with Crippen LogP contribution in [0.15, 0.2) is 24.3 Å². The Labute approximate surface area is 117 Å². The molecule has 2 N–H and O–H groups in total. The molecule has 6 heteroatoms. The largest absolute Gasteiger partial charge is 0.494 e. The van der Waals surface area contributed by atoms with Gasteiger partial charge in [0.2, 0.25) is 0 Å². The van der Waals surface area contributed by atoms with Crippen LogP contribution in [0.2, 0.25) is 0 Å². The van der Waals surface area contributed by atoms with Crippen LogP contribution in [0, 0.1) is 5.92 Å². The number of ether oxygens (including phenoxy) is 1. The van der Waals surface area contributed by atoms with E-state index in [2.05, 4.69) is 5.32 Å². The summed E-state index contributed by atoms with van der Waals surface area (Å²) >= 11 is 0. The molecule has 1 unspecified atom stereocenters. The second-order valence-corrected chi connectivity index (χ2v) is 4.66. The SMILES string of the molecule is CCOc1cccc(NC(=O)N2CCC(C(=O)O)C2)c1. The Balaban J connectivity index is 1.95. The van der Waals surface area contributed by atoms with E-state index in [0.717, 1.165) is 0 Å². The number of hydrogen-bond acceptors (Lipinski definition) is 3. The molecule has 2 amide bonds. The molecule has 0 saturated carbocycles. The van der Waals surface area contributed by atoms with E-state index in [4.69, 9.17) is 9.84 Å². The van der Waals surface area contributed by atoms with Crippen molar-refractivity contribution < 1.29 is 19.4 Å². The number of aliphatic carboxylic acids is 1. The van der Waals surface area contributed by atoms with Crippen molar-refractivity contribution in [2.75, 3.05) is 25.0 Å². The summed E-state index contributed by atoms with van der Waals surface area (Å²) in [5.74, 6) is -0.621. The van der Waals surface area contributed by atoms with Crippen LogP contribution in [0.1, 0.15) is 13.3 Å². The van der Waals surface area contributed by atoms with Gasteiger partial charge in [-0.3, -0.25) is 4.79 Å². The number of likely N-dealkylation sites (tertiary alicyclic amines) is 1. The Morgan fingerprint density at radius 3 is 2.95 bits per heavy atom. The fraction of sp³-hybridized carbons (Fsp3) is 0.429. The van der Waals surface area contributed by atoms with E-state index in [-0.39, 0.29) is 12.6 Å². The van der Waals surface area contributed by atoms with Crippen LogP contribution >= 0.6 is 0 Å². The highest BCUT2D eigenvalue weighted by Gasteiger charge is 2.30.